The van der Waals surface area contributed by atoms with Gasteiger partial charge in [-0.15, -0.1) is 0 Å². The summed E-state index contributed by atoms with van der Waals surface area (Å²) in [6, 6.07) is 0. The van der Waals surface area contributed by atoms with E-state index in [1.165, 1.54) is 6.20 Å². The second kappa shape index (κ2) is 2.30. The number of hydrogen-bond acceptors (Lipinski definition) is 3. The minimum Gasteiger partial charge on any atom is -0.391 e. The van der Waals surface area contributed by atoms with Crippen molar-refractivity contribution in [2.45, 2.75) is 0 Å². The molecule has 0 bridgehead atoms. The largest absolute Gasteiger partial charge is 0.391 e. The van der Waals surface area contributed by atoms with Crippen LogP contribution < -0.4 is 16.6 Å². The Kier molecular flexibility index (Phi) is 1.49. The molecule has 0 amide bonds. The van der Waals surface area contributed by atoms with E-state index in [9.17, 15) is 4.79 Å². The molecule has 0 unspecified atom stereocenters. The number of aromatic nitrogens is 2. The van der Waals surface area contributed by atoms with E-state index in [0.717, 1.165) is 0 Å². The molecule has 0 atom stereocenters. The highest BCUT2D eigenvalue weighted by atomic mass is 16.1. The van der Waals surface area contributed by atoms with Gasteiger partial charge in [0.25, 0.3) is 5.56 Å². The maximum atomic E-state index is 10.6. The topological polar surface area (TPSA) is 86.7 Å². The lowest BCUT2D eigenvalue weighted by Gasteiger charge is -1.93. The maximum Gasteiger partial charge on any atom is 0.289 e. The van der Waals surface area contributed by atoms with Crippen LogP contribution in [0.2, 0.25) is 0 Å². The minimum absolute atomic E-state index is 0.139. The number of anilines is 2. The summed E-state index contributed by atoms with van der Waals surface area (Å²) in [5.41, 5.74) is 5.11. The van der Waals surface area contributed by atoms with E-state index >= 15 is 0 Å². The van der Waals surface area contributed by atoms with Crippen LogP contribution in [0.3, 0.4) is 0 Å². The summed E-state index contributed by atoms with van der Waals surface area (Å²) in [4.78, 5) is 10.6. The van der Waals surface area contributed by atoms with Crippen molar-refractivity contribution in [3.63, 3.8) is 0 Å². The van der Waals surface area contributed by atoms with E-state index in [4.69, 9.17) is 5.73 Å². The SMILES string of the molecule is C=CNc1[nH][nH]c(=O)c1N. The number of nitrogen functional groups attached to an aromatic ring is 1. The first-order valence-electron chi connectivity index (χ1n) is 2.69. The molecular weight excluding hydrogens is 132 g/mol. The first kappa shape index (κ1) is 6.47. The van der Waals surface area contributed by atoms with Gasteiger partial charge >= 0.3 is 0 Å². The Balaban J connectivity index is 3.05. The predicted octanol–water partition coefficient (Wildman–Crippen LogP) is -0.159. The van der Waals surface area contributed by atoms with Gasteiger partial charge in [-0.25, -0.2) is 0 Å². The molecule has 0 fully saturated rings. The fraction of sp³-hybridized carbons (Fsp3) is 0. The Morgan fingerprint density at radius 3 is 2.70 bits per heavy atom. The summed E-state index contributed by atoms with van der Waals surface area (Å²) in [6.07, 6.45) is 1.43. The zero-order chi connectivity index (χ0) is 7.56. The van der Waals surface area contributed by atoms with E-state index < -0.39 is 0 Å². The molecule has 0 aliphatic carbocycles. The van der Waals surface area contributed by atoms with E-state index in [-0.39, 0.29) is 11.2 Å². The van der Waals surface area contributed by atoms with Crippen molar-refractivity contribution in [3.8, 4) is 0 Å². The minimum atomic E-state index is -0.329. The summed E-state index contributed by atoms with van der Waals surface area (Å²) in [5, 5.41) is 7.48. The van der Waals surface area contributed by atoms with Crippen LogP contribution in [0.1, 0.15) is 0 Å². The highest BCUT2D eigenvalue weighted by Crippen LogP contribution is 2.05. The Bertz CT molecular complexity index is 284. The second-order valence-corrected chi connectivity index (χ2v) is 1.72. The standard InChI is InChI=1S/C5H8N4O/c1-2-7-4-3(6)5(10)9-8-4/h2H,1,6H2,(H3,7,8,9,10). The molecule has 10 heavy (non-hydrogen) atoms. The fourth-order valence-electron chi connectivity index (χ4n) is 0.583. The number of aromatic amines is 2. The summed E-state index contributed by atoms with van der Waals surface area (Å²) < 4.78 is 0. The highest BCUT2D eigenvalue weighted by molar-refractivity contribution is 5.60. The van der Waals surface area contributed by atoms with Gasteiger partial charge in [-0.1, -0.05) is 6.58 Å². The van der Waals surface area contributed by atoms with E-state index in [1.54, 1.807) is 0 Å². The zero-order valence-electron chi connectivity index (χ0n) is 5.27. The van der Waals surface area contributed by atoms with Crippen molar-refractivity contribution in [2.24, 2.45) is 0 Å². The second-order valence-electron chi connectivity index (χ2n) is 1.72. The van der Waals surface area contributed by atoms with Crippen LogP contribution in [-0.2, 0) is 0 Å². The molecule has 1 heterocycles. The number of nitrogens with two attached hydrogens (primary N) is 1. The molecule has 5 N–H and O–H groups in total. The molecule has 5 heteroatoms. The first-order chi connectivity index (χ1) is 4.75. The molecular formula is C5H8N4O. The van der Waals surface area contributed by atoms with E-state index in [2.05, 4.69) is 22.1 Å². The summed E-state index contributed by atoms with van der Waals surface area (Å²) in [6.45, 7) is 3.40. The lowest BCUT2D eigenvalue weighted by Crippen LogP contribution is -2.05. The van der Waals surface area contributed by atoms with Crippen LogP contribution in [0.25, 0.3) is 0 Å². The molecule has 0 aromatic carbocycles. The number of rotatable bonds is 2. The van der Waals surface area contributed by atoms with Gasteiger partial charge in [-0.2, -0.15) is 0 Å². The Labute approximate surface area is 56.9 Å². The number of H-pyrrole nitrogens is 2. The summed E-state index contributed by atoms with van der Waals surface area (Å²) in [7, 11) is 0. The lowest BCUT2D eigenvalue weighted by molar-refractivity contribution is 1.06. The third-order valence-electron chi connectivity index (χ3n) is 1.06. The van der Waals surface area contributed by atoms with Gasteiger partial charge in [-0.05, 0) is 6.20 Å². The van der Waals surface area contributed by atoms with Gasteiger partial charge in [0, 0.05) is 0 Å². The summed E-state index contributed by atoms with van der Waals surface area (Å²) >= 11 is 0. The molecule has 5 nitrogen and oxygen atoms in total. The molecule has 0 aliphatic heterocycles. The van der Waals surface area contributed by atoms with Gasteiger partial charge in [0.2, 0.25) is 0 Å². The van der Waals surface area contributed by atoms with Crippen LogP contribution in [0.5, 0.6) is 0 Å². The first-order valence-corrected chi connectivity index (χ1v) is 2.69. The zero-order valence-corrected chi connectivity index (χ0v) is 5.27. The predicted molar refractivity (Wildman–Crippen MR) is 39.6 cm³/mol. The van der Waals surface area contributed by atoms with Crippen LogP contribution in [0, 0.1) is 0 Å². The van der Waals surface area contributed by atoms with Crippen LogP contribution in [0.15, 0.2) is 17.6 Å². The smallest absolute Gasteiger partial charge is 0.289 e. The van der Waals surface area contributed by atoms with Crippen molar-refractivity contribution in [3.05, 3.63) is 23.1 Å². The Hall–Kier alpha value is -1.65. The lowest BCUT2D eigenvalue weighted by atomic mass is 10.5. The van der Waals surface area contributed by atoms with Crippen molar-refractivity contribution in [1.29, 1.82) is 0 Å². The molecule has 54 valence electrons. The average Bonchev–Trinajstić information content (AvgIpc) is 2.20. The van der Waals surface area contributed by atoms with E-state index in [1.807, 2.05) is 0 Å². The third kappa shape index (κ3) is 0.883. The molecule has 0 saturated carbocycles. The maximum absolute atomic E-state index is 10.6. The van der Waals surface area contributed by atoms with Crippen molar-refractivity contribution in [1.82, 2.24) is 10.2 Å². The van der Waals surface area contributed by atoms with Crippen LogP contribution in [0.4, 0.5) is 11.5 Å². The summed E-state index contributed by atoms with van der Waals surface area (Å²) in [5.74, 6) is 0.444. The Morgan fingerprint density at radius 2 is 2.30 bits per heavy atom. The quantitative estimate of drug-likeness (QED) is 0.460. The molecule has 0 radical (unpaired) electrons. The molecule has 0 spiro atoms. The number of hydrogen-bond donors (Lipinski definition) is 4. The average molecular weight is 140 g/mol. The van der Waals surface area contributed by atoms with Gasteiger partial charge in [0.1, 0.15) is 5.69 Å². The van der Waals surface area contributed by atoms with Crippen LogP contribution in [-0.4, -0.2) is 10.2 Å². The van der Waals surface area contributed by atoms with Crippen molar-refractivity contribution < 1.29 is 0 Å². The van der Waals surface area contributed by atoms with Crippen LogP contribution >= 0.6 is 0 Å². The molecule has 1 rings (SSSR count). The normalized spacial score (nSPS) is 9.20. The van der Waals surface area contributed by atoms with Gasteiger partial charge < -0.3 is 11.1 Å². The monoisotopic (exact) mass is 140 g/mol. The van der Waals surface area contributed by atoms with E-state index in [0.29, 0.717) is 5.82 Å². The molecule has 1 aromatic rings. The number of nitrogens with one attached hydrogen (secondary N) is 3. The molecule has 0 aliphatic rings. The molecule has 1 aromatic heterocycles. The third-order valence-corrected chi connectivity index (χ3v) is 1.06. The van der Waals surface area contributed by atoms with Crippen molar-refractivity contribution in [2.75, 3.05) is 11.1 Å². The fourth-order valence-corrected chi connectivity index (χ4v) is 0.583. The Morgan fingerprint density at radius 1 is 1.60 bits per heavy atom. The van der Waals surface area contributed by atoms with Gasteiger partial charge in [-0.3, -0.25) is 15.0 Å². The van der Waals surface area contributed by atoms with Gasteiger partial charge in [0.05, 0.1) is 0 Å². The van der Waals surface area contributed by atoms with Crippen molar-refractivity contribution >= 4 is 11.5 Å². The van der Waals surface area contributed by atoms with Gasteiger partial charge in [0.15, 0.2) is 5.82 Å². The highest BCUT2D eigenvalue weighted by Gasteiger charge is 2.01. The molecule has 0 saturated heterocycles.